The molecule has 1 amide bonds. The Labute approximate surface area is 139 Å². The summed E-state index contributed by atoms with van der Waals surface area (Å²) in [5.41, 5.74) is -3.08. The van der Waals surface area contributed by atoms with Crippen LogP contribution in [0.4, 0.5) is 13.2 Å². The monoisotopic (exact) mass is 347 g/mol. The highest BCUT2D eigenvalue weighted by molar-refractivity contribution is 5.76. The number of hydrogen-bond donors (Lipinski definition) is 2. The molecule has 24 heavy (non-hydrogen) atoms. The third-order valence-electron chi connectivity index (χ3n) is 4.67. The van der Waals surface area contributed by atoms with Crippen molar-refractivity contribution in [3.63, 3.8) is 0 Å². The van der Waals surface area contributed by atoms with Gasteiger partial charge in [-0.25, -0.2) is 4.98 Å². The van der Waals surface area contributed by atoms with E-state index in [1.54, 1.807) is 0 Å². The summed E-state index contributed by atoms with van der Waals surface area (Å²) >= 11 is 0. The van der Waals surface area contributed by atoms with Crippen molar-refractivity contribution in [1.29, 1.82) is 0 Å². The first-order valence-electron chi connectivity index (χ1n) is 8.27. The molecule has 0 saturated heterocycles. The van der Waals surface area contributed by atoms with Gasteiger partial charge in [0.05, 0.1) is 0 Å². The summed E-state index contributed by atoms with van der Waals surface area (Å²) in [7, 11) is 1.39. The quantitative estimate of drug-likeness (QED) is 0.831. The SMILES string of the molecule is Cn1ccnc1C(O)(CCNC(=O)CC1CCCCC1)C(F)(F)F. The second kappa shape index (κ2) is 7.55. The Morgan fingerprint density at radius 1 is 1.38 bits per heavy atom. The Morgan fingerprint density at radius 3 is 2.58 bits per heavy atom. The van der Waals surface area contributed by atoms with E-state index in [1.807, 2.05) is 0 Å². The maximum Gasteiger partial charge on any atom is 0.424 e. The highest BCUT2D eigenvalue weighted by Gasteiger charge is 2.57. The molecule has 1 atom stereocenters. The standard InChI is InChI=1S/C16H24F3N3O2/c1-22-10-9-21-14(22)15(24,16(17,18)19)7-8-20-13(23)11-12-5-3-2-4-6-12/h9-10,12,24H,2-8,11H2,1H3,(H,20,23). The molecule has 2 N–H and O–H groups in total. The average Bonchev–Trinajstić information content (AvgIpc) is 2.93. The molecule has 1 aromatic heterocycles. The molecule has 0 radical (unpaired) electrons. The molecule has 8 heteroatoms. The van der Waals surface area contributed by atoms with Gasteiger partial charge in [-0.15, -0.1) is 0 Å². The molecule has 5 nitrogen and oxygen atoms in total. The van der Waals surface area contributed by atoms with Gasteiger partial charge in [-0.2, -0.15) is 13.2 Å². The van der Waals surface area contributed by atoms with Gasteiger partial charge in [-0.05, 0) is 18.8 Å². The zero-order chi connectivity index (χ0) is 17.8. The largest absolute Gasteiger partial charge is 0.424 e. The number of amides is 1. The van der Waals surface area contributed by atoms with Crippen LogP contribution in [-0.2, 0) is 17.4 Å². The molecule has 1 fully saturated rings. The second-order valence-electron chi connectivity index (χ2n) is 6.53. The molecule has 2 rings (SSSR count). The Hall–Kier alpha value is -1.57. The van der Waals surface area contributed by atoms with E-state index in [4.69, 9.17) is 0 Å². The maximum absolute atomic E-state index is 13.3. The summed E-state index contributed by atoms with van der Waals surface area (Å²) in [6, 6.07) is 0. The summed E-state index contributed by atoms with van der Waals surface area (Å²) in [6.07, 6.45) is 2.71. The zero-order valence-electron chi connectivity index (χ0n) is 13.8. The van der Waals surface area contributed by atoms with E-state index in [9.17, 15) is 23.1 Å². The fraction of sp³-hybridized carbons (Fsp3) is 0.750. The minimum atomic E-state index is -4.87. The fourth-order valence-corrected chi connectivity index (χ4v) is 3.25. The Bertz CT molecular complexity index is 553. The van der Waals surface area contributed by atoms with Gasteiger partial charge in [-0.3, -0.25) is 4.79 Å². The molecule has 0 aromatic carbocycles. The lowest BCUT2D eigenvalue weighted by molar-refractivity contribution is -0.272. The van der Waals surface area contributed by atoms with E-state index >= 15 is 0 Å². The van der Waals surface area contributed by atoms with Crippen molar-refractivity contribution in [2.75, 3.05) is 6.54 Å². The fourth-order valence-electron chi connectivity index (χ4n) is 3.25. The van der Waals surface area contributed by atoms with Crippen LogP contribution in [0.3, 0.4) is 0 Å². The van der Waals surface area contributed by atoms with Crippen LogP contribution in [0.2, 0.25) is 0 Å². The van der Waals surface area contributed by atoms with Crippen molar-refractivity contribution >= 4 is 5.91 Å². The number of alkyl halides is 3. The lowest BCUT2D eigenvalue weighted by atomic mass is 9.87. The number of carbonyl (C=O) groups excluding carboxylic acids is 1. The van der Waals surface area contributed by atoms with Crippen LogP contribution in [0.5, 0.6) is 0 Å². The number of aryl methyl sites for hydroxylation is 1. The minimum absolute atomic E-state index is 0.256. The molecule has 0 aliphatic heterocycles. The third kappa shape index (κ3) is 4.28. The number of hydrogen-bond acceptors (Lipinski definition) is 3. The van der Waals surface area contributed by atoms with Crippen molar-refractivity contribution in [3.8, 4) is 0 Å². The highest BCUT2D eigenvalue weighted by Crippen LogP contribution is 2.40. The van der Waals surface area contributed by atoms with E-state index < -0.39 is 24.0 Å². The van der Waals surface area contributed by atoms with Gasteiger partial charge in [0.25, 0.3) is 0 Å². The summed E-state index contributed by atoms with van der Waals surface area (Å²) < 4.78 is 41.1. The number of aliphatic hydroxyl groups is 1. The van der Waals surface area contributed by atoms with E-state index in [1.165, 1.54) is 25.9 Å². The van der Waals surface area contributed by atoms with Crippen molar-refractivity contribution < 1.29 is 23.1 Å². The summed E-state index contributed by atoms with van der Waals surface area (Å²) in [5, 5.41) is 12.7. The van der Waals surface area contributed by atoms with Crippen LogP contribution in [0.25, 0.3) is 0 Å². The summed E-state index contributed by atoms with van der Waals surface area (Å²) in [5.74, 6) is -0.419. The number of halogens is 3. The first-order chi connectivity index (χ1) is 11.2. The maximum atomic E-state index is 13.3. The number of imidazole rings is 1. The molecule has 0 bridgehead atoms. The molecule has 136 valence electrons. The van der Waals surface area contributed by atoms with E-state index in [0.717, 1.165) is 30.3 Å². The van der Waals surface area contributed by atoms with Gasteiger partial charge in [0.1, 0.15) is 5.82 Å². The Balaban J connectivity index is 1.92. The molecule has 0 spiro atoms. The van der Waals surface area contributed by atoms with Crippen molar-refractivity contribution in [2.45, 2.75) is 56.7 Å². The first-order valence-corrected chi connectivity index (χ1v) is 8.27. The Kier molecular flexibility index (Phi) is 5.90. The highest BCUT2D eigenvalue weighted by atomic mass is 19.4. The molecule has 1 aromatic rings. The number of carbonyl (C=O) groups is 1. The molecule has 1 saturated carbocycles. The lowest BCUT2D eigenvalue weighted by Crippen LogP contribution is -2.46. The van der Waals surface area contributed by atoms with E-state index in [-0.39, 0.29) is 12.5 Å². The smallest absolute Gasteiger partial charge is 0.374 e. The number of nitrogens with one attached hydrogen (secondary N) is 1. The second-order valence-corrected chi connectivity index (χ2v) is 6.53. The summed E-state index contributed by atoms with van der Waals surface area (Å²) in [6.45, 7) is -0.256. The van der Waals surface area contributed by atoms with E-state index in [0.29, 0.717) is 12.3 Å². The van der Waals surface area contributed by atoms with Gasteiger partial charge in [0.2, 0.25) is 11.5 Å². The van der Waals surface area contributed by atoms with Gasteiger partial charge in [0.15, 0.2) is 0 Å². The van der Waals surface area contributed by atoms with Crippen LogP contribution >= 0.6 is 0 Å². The third-order valence-corrected chi connectivity index (χ3v) is 4.67. The van der Waals surface area contributed by atoms with Crippen LogP contribution in [0, 0.1) is 5.92 Å². The molecule has 1 aliphatic carbocycles. The topological polar surface area (TPSA) is 67.2 Å². The van der Waals surface area contributed by atoms with Gasteiger partial charge < -0.3 is 15.0 Å². The average molecular weight is 347 g/mol. The van der Waals surface area contributed by atoms with Crippen LogP contribution < -0.4 is 5.32 Å². The van der Waals surface area contributed by atoms with Gasteiger partial charge in [-0.1, -0.05) is 19.3 Å². The predicted molar refractivity (Wildman–Crippen MR) is 82.0 cm³/mol. The predicted octanol–water partition coefficient (Wildman–Crippen LogP) is 2.65. The number of nitrogens with zero attached hydrogens (tertiary/aromatic N) is 2. The van der Waals surface area contributed by atoms with Crippen LogP contribution in [0.1, 0.15) is 50.8 Å². The van der Waals surface area contributed by atoms with E-state index in [2.05, 4.69) is 10.3 Å². The normalized spacial score (nSPS) is 19.0. The molecular weight excluding hydrogens is 323 g/mol. The van der Waals surface area contributed by atoms with Crippen molar-refractivity contribution in [2.24, 2.45) is 13.0 Å². The first kappa shape index (κ1) is 18.8. The number of aromatic nitrogens is 2. The Morgan fingerprint density at radius 2 is 2.04 bits per heavy atom. The van der Waals surface area contributed by atoms with Gasteiger partial charge >= 0.3 is 6.18 Å². The molecule has 1 unspecified atom stereocenters. The molecule has 1 aliphatic rings. The van der Waals surface area contributed by atoms with Crippen LogP contribution in [-0.4, -0.2) is 33.3 Å². The van der Waals surface area contributed by atoms with Crippen molar-refractivity contribution in [3.05, 3.63) is 18.2 Å². The van der Waals surface area contributed by atoms with Crippen LogP contribution in [0.15, 0.2) is 12.4 Å². The van der Waals surface area contributed by atoms with Gasteiger partial charge in [0, 0.05) is 38.8 Å². The summed E-state index contributed by atoms with van der Waals surface area (Å²) in [4.78, 5) is 15.5. The number of rotatable bonds is 6. The molecular formula is C16H24F3N3O2. The lowest BCUT2D eigenvalue weighted by Gasteiger charge is -2.30. The van der Waals surface area contributed by atoms with Crippen molar-refractivity contribution in [1.82, 2.24) is 14.9 Å². The molecule has 1 heterocycles. The minimum Gasteiger partial charge on any atom is -0.374 e. The zero-order valence-corrected chi connectivity index (χ0v) is 13.8.